The highest BCUT2D eigenvalue weighted by Crippen LogP contribution is 2.15. The zero-order valence-corrected chi connectivity index (χ0v) is 14.0. The summed E-state index contributed by atoms with van der Waals surface area (Å²) in [5.41, 5.74) is 2.74. The summed E-state index contributed by atoms with van der Waals surface area (Å²) in [7, 11) is 0. The second-order valence-corrected chi connectivity index (χ2v) is 6.37. The van der Waals surface area contributed by atoms with Crippen molar-refractivity contribution in [2.24, 2.45) is 0 Å². The van der Waals surface area contributed by atoms with E-state index in [-0.39, 0.29) is 17.5 Å². The minimum atomic E-state index is -0.149. The largest absolute Gasteiger partial charge is 0.351 e. The third-order valence-corrected chi connectivity index (χ3v) is 4.20. The van der Waals surface area contributed by atoms with Gasteiger partial charge >= 0.3 is 0 Å². The van der Waals surface area contributed by atoms with Crippen LogP contribution in [-0.4, -0.2) is 35.0 Å². The molecule has 0 bridgehead atoms. The molecule has 0 radical (unpaired) electrons. The molecule has 24 heavy (non-hydrogen) atoms. The average molecular weight is 326 g/mol. The van der Waals surface area contributed by atoms with Gasteiger partial charge in [0.1, 0.15) is 0 Å². The van der Waals surface area contributed by atoms with Crippen molar-refractivity contribution in [3.63, 3.8) is 0 Å². The molecular formula is C18H22N4O2. The molecule has 1 fully saturated rings. The summed E-state index contributed by atoms with van der Waals surface area (Å²) in [5.74, 6) is 0.603. The zero-order chi connectivity index (χ0) is 17.1. The summed E-state index contributed by atoms with van der Waals surface area (Å²) in [5, 5.41) is 3.07. The molecule has 1 aromatic heterocycles. The Morgan fingerprint density at radius 3 is 2.79 bits per heavy atom. The van der Waals surface area contributed by atoms with Gasteiger partial charge in [-0.3, -0.25) is 14.6 Å². The SMILES string of the molecule is Cc1ccc(CC(=O)NC2CCN(c3nc(C)cc(=O)[nH]3)C2)cc1. The van der Waals surface area contributed by atoms with Crippen LogP contribution in [-0.2, 0) is 11.2 Å². The molecule has 1 saturated heterocycles. The van der Waals surface area contributed by atoms with Crippen LogP contribution < -0.4 is 15.8 Å². The Balaban J connectivity index is 1.56. The first kappa shape index (κ1) is 16.2. The molecule has 1 aliphatic heterocycles. The van der Waals surface area contributed by atoms with Gasteiger partial charge in [-0.1, -0.05) is 29.8 Å². The van der Waals surface area contributed by atoms with Gasteiger partial charge in [-0.2, -0.15) is 0 Å². The lowest BCUT2D eigenvalue weighted by Gasteiger charge is -2.17. The Morgan fingerprint density at radius 1 is 1.33 bits per heavy atom. The number of rotatable bonds is 4. The first-order valence-corrected chi connectivity index (χ1v) is 8.17. The number of carbonyl (C=O) groups is 1. The van der Waals surface area contributed by atoms with Gasteiger partial charge < -0.3 is 10.2 Å². The fourth-order valence-electron chi connectivity index (χ4n) is 2.95. The number of aromatic amines is 1. The number of amides is 1. The van der Waals surface area contributed by atoms with Crippen molar-refractivity contribution in [3.8, 4) is 0 Å². The van der Waals surface area contributed by atoms with Gasteiger partial charge in [-0.05, 0) is 25.8 Å². The van der Waals surface area contributed by atoms with E-state index in [1.165, 1.54) is 11.6 Å². The van der Waals surface area contributed by atoms with E-state index in [1.807, 2.05) is 36.1 Å². The lowest BCUT2D eigenvalue weighted by molar-refractivity contribution is -0.121. The number of hydrogen-bond acceptors (Lipinski definition) is 4. The number of carbonyl (C=O) groups excluding carboxylic acids is 1. The number of nitrogens with one attached hydrogen (secondary N) is 2. The monoisotopic (exact) mass is 326 g/mol. The maximum Gasteiger partial charge on any atom is 0.252 e. The van der Waals surface area contributed by atoms with Crippen LogP contribution in [0.2, 0.25) is 0 Å². The van der Waals surface area contributed by atoms with Crippen LogP contribution in [0.5, 0.6) is 0 Å². The topological polar surface area (TPSA) is 78.1 Å². The predicted octanol–water partition coefficient (Wildman–Crippen LogP) is 1.32. The summed E-state index contributed by atoms with van der Waals surface area (Å²) >= 11 is 0. The standard InChI is InChI=1S/C18H22N4O2/c1-12-3-5-14(6-4-12)10-17(24)20-15-7-8-22(11-15)18-19-13(2)9-16(23)21-18/h3-6,9,15H,7-8,10-11H2,1-2H3,(H,20,24)(H,19,21,23). The van der Waals surface area contributed by atoms with Crippen LogP contribution in [0.4, 0.5) is 5.95 Å². The van der Waals surface area contributed by atoms with Crippen LogP contribution in [0.3, 0.4) is 0 Å². The summed E-state index contributed by atoms with van der Waals surface area (Å²) in [6.07, 6.45) is 1.23. The predicted molar refractivity (Wildman–Crippen MR) is 93.2 cm³/mol. The molecule has 6 heteroatoms. The van der Waals surface area contributed by atoms with Crippen molar-refractivity contribution < 1.29 is 4.79 Å². The Bertz CT molecular complexity index is 782. The van der Waals surface area contributed by atoms with Crippen molar-refractivity contribution in [1.82, 2.24) is 15.3 Å². The Hall–Kier alpha value is -2.63. The number of aromatic nitrogens is 2. The van der Waals surface area contributed by atoms with E-state index in [2.05, 4.69) is 15.3 Å². The van der Waals surface area contributed by atoms with E-state index in [1.54, 1.807) is 6.92 Å². The van der Waals surface area contributed by atoms with E-state index in [4.69, 9.17) is 0 Å². The first-order chi connectivity index (χ1) is 11.5. The normalized spacial score (nSPS) is 17.1. The molecule has 0 saturated carbocycles. The molecule has 1 aromatic carbocycles. The van der Waals surface area contributed by atoms with Crippen molar-refractivity contribution in [2.75, 3.05) is 18.0 Å². The van der Waals surface area contributed by atoms with Crippen LogP contribution in [0.1, 0.15) is 23.2 Å². The number of hydrogen-bond donors (Lipinski definition) is 2. The third-order valence-electron chi connectivity index (χ3n) is 4.20. The van der Waals surface area contributed by atoms with Crippen molar-refractivity contribution in [1.29, 1.82) is 0 Å². The molecule has 1 aliphatic rings. The number of aryl methyl sites for hydroxylation is 2. The molecule has 2 N–H and O–H groups in total. The lowest BCUT2D eigenvalue weighted by atomic mass is 10.1. The van der Waals surface area contributed by atoms with Gasteiger partial charge in [0.05, 0.1) is 6.42 Å². The fraction of sp³-hybridized carbons (Fsp3) is 0.389. The Morgan fingerprint density at radius 2 is 2.08 bits per heavy atom. The first-order valence-electron chi connectivity index (χ1n) is 8.17. The molecule has 1 unspecified atom stereocenters. The maximum atomic E-state index is 12.2. The van der Waals surface area contributed by atoms with Gasteiger partial charge in [0.15, 0.2) is 0 Å². The summed E-state index contributed by atoms with van der Waals surface area (Å²) < 4.78 is 0. The molecule has 0 spiro atoms. The molecule has 2 aromatic rings. The molecule has 1 atom stereocenters. The van der Waals surface area contributed by atoms with E-state index < -0.39 is 0 Å². The number of anilines is 1. The van der Waals surface area contributed by atoms with Crippen molar-refractivity contribution in [3.05, 3.63) is 57.5 Å². The van der Waals surface area contributed by atoms with Crippen LogP contribution in [0, 0.1) is 13.8 Å². The van der Waals surface area contributed by atoms with Crippen LogP contribution >= 0.6 is 0 Å². The molecule has 126 valence electrons. The minimum absolute atomic E-state index is 0.0244. The Kier molecular flexibility index (Phi) is 4.64. The molecular weight excluding hydrogens is 304 g/mol. The molecule has 0 aliphatic carbocycles. The van der Waals surface area contributed by atoms with Crippen molar-refractivity contribution in [2.45, 2.75) is 32.7 Å². The van der Waals surface area contributed by atoms with E-state index in [9.17, 15) is 9.59 Å². The highest BCUT2D eigenvalue weighted by Gasteiger charge is 2.25. The van der Waals surface area contributed by atoms with Gasteiger partial charge in [0.2, 0.25) is 11.9 Å². The fourth-order valence-corrected chi connectivity index (χ4v) is 2.95. The van der Waals surface area contributed by atoms with E-state index in [0.717, 1.165) is 18.5 Å². The quantitative estimate of drug-likeness (QED) is 0.888. The second-order valence-electron chi connectivity index (χ2n) is 6.37. The Labute approximate surface area is 140 Å². The molecule has 6 nitrogen and oxygen atoms in total. The summed E-state index contributed by atoms with van der Waals surface area (Å²) in [6.45, 7) is 5.25. The van der Waals surface area contributed by atoms with E-state index >= 15 is 0 Å². The number of benzene rings is 1. The van der Waals surface area contributed by atoms with Crippen molar-refractivity contribution >= 4 is 11.9 Å². The van der Waals surface area contributed by atoms with Gasteiger partial charge in [0.25, 0.3) is 5.56 Å². The smallest absolute Gasteiger partial charge is 0.252 e. The van der Waals surface area contributed by atoms with E-state index in [0.29, 0.717) is 24.6 Å². The second kappa shape index (κ2) is 6.86. The minimum Gasteiger partial charge on any atom is -0.351 e. The summed E-state index contributed by atoms with van der Waals surface area (Å²) in [6, 6.07) is 9.54. The lowest BCUT2D eigenvalue weighted by Crippen LogP contribution is -2.38. The highest BCUT2D eigenvalue weighted by molar-refractivity contribution is 5.79. The number of nitrogens with zero attached hydrogens (tertiary/aromatic N) is 2. The van der Waals surface area contributed by atoms with Gasteiger partial charge in [0, 0.05) is 30.9 Å². The zero-order valence-electron chi connectivity index (χ0n) is 14.0. The maximum absolute atomic E-state index is 12.2. The van der Waals surface area contributed by atoms with Gasteiger partial charge in [-0.25, -0.2) is 4.98 Å². The molecule has 2 heterocycles. The average Bonchev–Trinajstić information content (AvgIpc) is 2.97. The molecule has 3 rings (SSSR count). The molecule has 1 amide bonds. The van der Waals surface area contributed by atoms with Crippen LogP contribution in [0.25, 0.3) is 0 Å². The van der Waals surface area contributed by atoms with Gasteiger partial charge in [-0.15, -0.1) is 0 Å². The third kappa shape index (κ3) is 4.01. The summed E-state index contributed by atoms with van der Waals surface area (Å²) in [4.78, 5) is 32.9. The number of H-pyrrole nitrogens is 1. The highest BCUT2D eigenvalue weighted by atomic mass is 16.1. The van der Waals surface area contributed by atoms with Crippen LogP contribution in [0.15, 0.2) is 35.1 Å².